The molecule has 4 amide bonds. The molecule has 4 heterocycles. The second-order valence-electron chi connectivity index (χ2n) is 27.2. The molecular weight excluding hydrogens is 1290 g/mol. The summed E-state index contributed by atoms with van der Waals surface area (Å²) in [7, 11) is -1.55. The Hall–Kier alpha value is -9.81. The molecule has 100 heavy (non-hydrogen) atoms. The Balaban J connectivity index is 0.000000274. The highest BCUT2D eigenvalue weighted by atomic mass is 28.4. The zero-order valence-electron chi connectivity index (χ0n) is 58.5. The molecular formula is C77H94FN7O14Si. The van der Waals surface area contributed by atoms with E-state index in [0.717, 1.165) is 60.9 Å². The van der Waals surface area contributed by atoms with Crippen molar-refractivity contribution in [3.63, 3.8) is 0 Å². The van der Waals surface area contributed by atoms with E-state index in [-0.39, 0.29) is 105 Å². The number of aromatic amines is 2. The summed E-state index contributed by atoms with van der Waals surface area (Å²) in [5.41, 5.74) is 4.76. The van der Waals surface area contributed by atoms with Crippen LogP contribution in [-0.2, 0) is 86.6 Å². The van der Waals surface area contributed by atoms with E-state index in [1.807, 2.05) is 146 Å². The third kappa shape index (κ3) is 21.6. The van der Waals surface area contributed by atoms with Gasteiger partial charge in [-0.05, 0) is 141 Å². The molecule has 0 saturated carbocycles. The lowest BCUT2D eigenvalue weighted by molar-refractivity contribution is -0.134. The Morgan fingerprint density at radius 2 is 0.890 bits per heavy atom. The van der Waals surface area contributed by atoms with Gasteiger partial charge in [0.05, 0.1) is 44.6 Å². The number of H-pyrrole nitrogens is 2. The number of ketones is 4. The monoisotopic (exact) mass is 1390 g/mol. The Morgan fingerprint density at radius 1 is 0.530 bits per heavy atom. The van der Waals surface area contributed by atoms with Gasteiger partial charge in [-0.1, -0.05) is 142 Å². The molecule has 0 bridgehead atoms. The SMILES string of the molecule is CF.C[C@@H](NC(=O)OCc1ccccc1)C(=O)C[C@@H](Cc1c[nH]c2ccccc12)C(=O)N[C@@H](Cc1ccc(O)cc1)C(=O)[C@@]1(C)CO1.C[C@@H](NC(=O)OCc1ccccc1)C(=O)C[C@@H](Cc1c[nH]c2ccccc12)C(=O)N[C@@H](Cc1ccc(O[Si](C)(C)C(C)(C)C)cc1)C(=O)[C@@]1(C)CO1.N. The average Bonchev–Trinajstić information content (AvgIpc) is 1.58. The van der Waals surface area contributed by atoms with E-state index in [4.69, 9.17) is 23.4 Å². The number of carbonyl (C=O) groups is 8. The van der Waals surface area contributed by atoms with Crippen LogP contribution in [0.1, 0.15) is 94.7 Å². The fourth-order valence-corrected chi connectivity index (χ4v) is 12.0. The van der Waals surface area contributed by atoms with E-state index in [2.05, 4.69) is 65.1 Å². The highest BCUT2D eigenvalue weighted by molar-refractivity contribution is 6.74. The van der Waals surface area contributed by atoms with E-state index in [0.29, 0.717) is 7.18 Å². The van der Waals surface area contributed by atoms with Gasteiger partial charge in [0.15, 0.2) is 23.1 Å². The van der Waals surface area contributed by atoms with Crippen molar-refractivity contribution < 1.29 is 71.2 Å². The smallest absolute Gasteiger partial charge is 0.408 e. The van der Waals surface area contributed by atoms with Gasteiger partial charge in [-0.3, -0.25) is 33.2 Å². The van der Waals surface area contributed by atoms with Crippen molar-refractivity contribution in [2.24, 2.45) is 11.8 Å². The van der Waals surface area contributed by atoms with Crippen LogP contribution in [0.3, 0.4) is 0 Å². The summed E-state index contributed by atoms with van der Waals surface area (Å²) >= 11 is 0. The van der Waals surface area contributed by atoms with Gasteiger partial charge in [0, 0.05) is 58.9 Å². The van der Waals surface area contributed by atoms with Gasteiger partial charge in [0.1, 0.15) is 35.9 Å². The first-order valence-corrected chi connectivity index (χ1v) is 36.1. The van der Waals surface area contributed by atoms with E-state index >= 15 is 0 Å². The number of fused-ring (bicyclic) bond motifs is 2. The molecule has 2 aliphatic rings. The zero-order chi connectivity index (χ0) is 71.7. The number of rotatable bonds is 30. The molecule has 2 saturated heterocycles. The van der Waals surface area contributed by atoms with Gasteiger partial charge < -0.3 is 65.9 Å². The number of halogens is 1. The number of hydrogen-bond donors (Lipinski definition) is 8. The second kappa shape index (κ2) is 34.8. The molecule has 0 aliphatic carbocycles. The van der Waals surface area contributed by atoms with Crippen molar-refractivity contribution in [1.82, 2.24) is 37.4 Å². The summed E-state index contributed by atoms with van der Waals surface area (Å²) < 4.78 is 37.4. The lowest BCUT2D eigenvalue weighted by Crippen LogP contribution is -2.50. The summed E-state index contributed by atoms with van der Waals surface area (Å²) in [5, 5.41) is 22.7. The van der Waals surface area contributed by atoms with E-state index in [1.165, 1.54) is 12.1 Å². The highest BCUT2D eigenvalue weighted by Crippen LogP contribution is 2.38. The Bertz CT molecular complexity index is 4080. The summed E-state index contributed by atoms with van der Waals surface area (Å²) in [6, 6.07) is 44.3. The highest BCUT2D eigenvalue weighted by Gasteiger charge is 2.51. The number of epoxide rings is 2. The summed E-state index contributed by atoms with van der Waals surface area (Å²) in [4.78, 5) is 114. The molecule has 8 aromatic rings. The topological polar surface area (TPSA) is 324 Å². The van der Waals surface area contributed by atoms with Crippen molar-refractivity contribution in [2.75, 3.05) is 20.4 Å². The van der Waals surface area contributed by atoms with Gasteiger partial charge >= 0.3 is 12.2 Å². The number of ether oxygens (including phenoxy) is 4. The number of amides is 4. The molecule has 23 heteroatoms. The van der Waals surface area contributed by atoms with Crippen LogP contribution >= 0.6 is 0 Å². The van der Waals surface area contributed by atoms with Crippen molar-refractivity contribution in [3.8, 4) is 11.5 Å². The third-order valence-corrected chi connectivity index (χ3v) is 22.7. The van der Waals surface area contributed by atoms with Crippen molar-refractivity contribution >= 4 is 77.3 Å². The number of carbonyl (C=O) groups excluding carboxylic acids is 8. The summed E-state index contributed by atoms with van der Waals surface area (Å²) in [6.07, 6.45) is 2.72. The number of para-hydroxylation sites is 2. The number of benzene rings is 6. The van der Waals surface area contributed by atoms with Crippen LogP contribution in [0.4, 0.5) is 14.0 Å². The van der Waals surface area contributed by atoms with Crippen molar-refractivity contribution in [2.45, 2.75) is 154 Å². The van der Waals surface area contributed by atoms with Crippen molar-refractivity contribution in [1.29, 1.82) is 0 Å². The number of aromatic hydroxyl groups is 1. The van der Waals surface area contributed by atoms with E-state index < -0.39 is 79.5 Å². The van der Waals surface area contributed by atoms with Crippen LogP contribution in [0, 0.1) is 11.8 Å². The van der Waals surface area contributed by atoms with Crippen LogP contribution in [0.5, 0.6) is 11.5 Å². The predicted molar refractivity (Wildman–Crippen MR) is 383 cm³/mol. The Morgan fingerprint density at radius 3 is 1.26 bits per heavy atom. The van der Waals surface area contributed by atoms with Crippen LogP contribution in [0.2, 0.25) is 18.1 Å². The lowest BCUT2D eigenvalue weighted by atomic mass is 9.89. The minimum atomic E-state index is -2.05. The van der Waals surface area contributed by atoms with Crippen LogP contribution in [-0.4, -0.2) is 126 Å². The number of alkyl carbamates (subject to hydrolysis) is 2. The maximum Gasteiger partial charge on any atom is 0.408 e. The largest absolute Gasteiger partial charge is 0.544 e. The molecule has 532 valence electrons. The molecule has 2 fully saturated rings. The first-order chi connectivity index (χ1) is 47.2. The molecule has 2 aliphatic heterocycles. The van der Waals surface area contributed by atoms with Crippen molar-refractivity contribution in [3.05, 3.63) is 203 Å². The van der Waals surface area contributed by atoms with E-state index in [9.17, 15) is 47.9 Å². The quantitative estimate of drug-likeness (QED) is 0.0153. The van der Waals surface area contributed by atoms with Crippen LogP contribution < -0.4 is 31.8 Å². The Labute approximate surface area is 584 Å². The fraction of sp³-hybridized carbons (Fsp3) is 0.377. The molecule has 6 aromatic carbocycles. The maximum atomic E-state index is 14.2. The molecule has 8 atom stereocenters. The number of hydrogen-bond acceptors (Lipinski definition) is 15. The van der Waals surface area contributed by atoms with Gasteiger partial charge in [-0.15, -0.1) is 0 Å². The molecule has 0 unspecified atom stereocenters. The minimum absolute atomic E-state index is 0. The second-order valence-corrected chi connectivity index (χ2v) is 31.9. The third-order valence-electron chi connectivity index (χ3n) is 18.4. The molecule has 0 spiro atoms. The zero-order valence-corrected chi connectivity index (χ0v) is 59.5. The van der Waals surface area contributed by atoms with Gasteiger partial charge in [0.2, 0.25) is 20.1 Å². The number of Topliss-reactive ketones (excluding diaryl/α,β-unsaturated/α-hetero) is 4. The summed E-state index contributed by atoms with van der Waals surface area (Å²) in [6.45, 7) is 18.1. The number of nitrogens with one attached hydrogen (secondary N) is 6. The lowest BCUT2D eigenvalue weighted by Gasteiger charge is -2.36. The molecule has 21 nitrogen and oxygen atoms in total. The van der Waals surface area contributed by atoms with E-state index in [1.54, 1.807) is 39.8 Å². The molecule has 2 aromatic heterocycles. The first kappa shape index (κ1) is 77.5. The predicted octanol–water partition coefficient (Wildman–Crippen LogP) is 12.2. The molecule has 0 radical (unpaired) electrons. The van der Waals surface area contributed by atoms with Gasteiger partial charge in [-0.25, -0.2) is 9.59 Å². The number of alkyl halides is 1. The molecule has 10 N–H and O–H groups in total. The average molecular weight is 1390 g/mol. The van der Waals surface area contributed by atoms with Gasteiger partial charge in [-0.2, -0.15) is 0 Å². The fourth-order valence-electron chi connectivity index (χ4n) is 11.0. The first-order valence-electron chi connectivity index (χ1n) is 33.2. The summed E-state index contributed by atoms with van der Waals surface area (Å²) in [5.74, 6) is -2.90. The minimum Gasteiger partial charge on any atom is -0.544 e. The maximum absolute atomic E-state index is 14.2. The number of phenolic OH excluding ortho intramolecular Hbond substituents is 1. The standard InChI is InChI=1S/C41H51N3O7Si.C35H37N3O7.CH3F.H3N/c1-27(43-39(48)49-25-29-13-9-8-10-14-29)36(45)23-30(22-31-24-42-34-16-12-11-15-33(31)34)38(47)44-35(37(46)41(5)26-50-41)21-28-17-19-32(20-18-28)51-52(6,7)40(2,3)4;1-22(37-34(43)44-20-24-8-4-3-5-9-24)31(40)18-25(17-26-19-36-29-11-7-6-10-28(26)29)33(42)38-30(32(41)35(2)21-45-35)16-23-12-14-27(39)15-13-23;1-2;/h8-20,24,27,30,35,42H,21-23,25-26H2,1-7H3,(H,43,48)(H,44,47);3-15,19,22,25,30,36,39H,16-18,20-21H2,1-2H3,(H,37,43)(H,38,42);1H3;1H3/t27-,30-,35+,41-;22-,25-,30+,35-;;/m11../s1. The van der Waals surface area contributed by atoms with Gasteiger partial charge in [0.25, 0.3) is 0 Å². The normalized spacial score (nSPS) is 17.0. The number of aromatic nitrogens is 2. The molecule has 10 rings (SSSR count). The van der Waals surface area contributed by atoms with Crippen LogP contribution in [0.25, 0.3) is 21.8 Å². The Kier molecular flexibility index (Phi) is 27.0. The van der Waals surface area contributed by atoms with Crippen LogP contribution in [0.15, 0.2) is 170 Å². The number of phenols is 1.